The molecule has 0 unspecified atom stereocenters. The molecular weight excluding hydrogens is 302 g/mol. The Kier molecular flexibility index (Phi) is 6.65. The summed E-state index contributed by atoms with van der Waals surface area (Å²) in [6, 6.07) is 13.2. The van der Waals surface area contributed by atoms with E-state index in [0.29, 0.717) is 24.7 Å². The molecule has 2 aromatic carbocycles. The van der Waals surface area contributed by atoms with Gasteiger partial charge in [0.05, 0.1) is 12.8 Å². The maximum absolute atomic E-state index is 5.75. The van der Waals surface area contributed by atoms with E-state index in [-0.39, 0.29) is 0 Å². The van der Waals surface area contributed by atoms with Gasteiger partial charge in [-0.2, -0.15) is 0 Å². The second-order valence-electron chi connectivity index (χ2n) is 4.83. The smallest absolute Gasteiger partial charge is 0.170 e. The first-order chi connectivity index (χ1) is 11.8. The molecule has 0 bridgehead atoms. The molecule has 0 aliphatic heterocycles. The van der Waals surface area contributed by atoms with E-state index in [4.69, 9.17) is 14.2 Å². The first-order valence-electron chi connectivity index (χ1n) is 7.57. The predicted molar refractivity (Wildman–Crippen MR) is 98.1 cm³/mol. The van der Waals surface area contributed by atoms with Crippen molar-refractivity contribution in [3.63, 3.8) is 0 Å². The van der Waals surface area contributed by atoms with Crippen LogP contribution in [0.1, 0.15) is 5.56 Å². The molecule has 0 aliphatic carbocycles. The molecule has 0 atom stereocenters. The maximum Gasteiger partial charge on any atom is 0.170 e. The SMILES string of the molecule is C=CCOc1cccc(C=Nc2ccc(OC)cc2)c1OCC=C. The number of hydrogen-bond acceptors (Lipinski definition) is 4. The highest BCUT2D eigenvalue weighted by molar-refractivity contribution is 5.86. The van der Waals surface area contributed by atoms with Crippen molar-refractivity contribution < 1.29 is 14.2 Å². The van der Waals surface area contributed by atoms with Gasteiger partial charge in [0.15, 0.2) is 11.5 Å². The van der Waals surface area contributed by atoms with Gasteiger partial charge in [0, 0.05) is 11.8 Å². The molecule has 0 aliphatic rings. The van der Waals surface area contributed by atoms with Crippen molar-refractivity contribution in [1.29, 1.82) is 0 Å². The Morgan fingerprint density at radius 1 is 0.958 bits per heavy atom. The first kappa shape index (κ1) is 17.3. The molecular formula is C20H21NO3. The molecule has 0 amide bonds. The molecule has 0 aromatic heterocycles. The van der Waals surface area contributed by atoms with Gasteiger partial charge in [-0.05, 0) is 36.4 Å². The van der Waals surface area contributed by atoms with Crippen LogP contribution < -0.4 is 14.2 Å². The number of nitrogens with zero attached hydrogens (tertiary/aromatic N) is 1. The summed E-state index contributed by atoms with van der Waals surface area (Å²) >= 11 is 0. The van der Waals surface area contributed by atoms with Gasteiger partial charge in [-0.1, -0.05) is 31.4 Å². The van der Waals surface area contributed by atoms with Crippen LogP contribution in [0.3, 0.4) is 0 Å². The topological polar surface area (TPSA) is 40.0 Å². The summed E-state index contributed by atoms with van der Waals surface area (Å²) in [5.74, 6) is 2.08. The van der Waals surface area contributed by atoms with Gasteiger partial charge in [-0.15, -0.1) is 0 Å². The minimum absolute atomic E-state index is 0.387. The molecule has 0 spiro atoms. The molecule has 0 radical (unpaired) electrons. The van der Waals surface area contributed by atoms with Crippen LogP contribution in [-0.4, -0.2) is 26.5 Å². The zero-order valence-electron chi connectivity index (χ0n) is 13.8. The molecule has 0 saturated carbocycles. The van der Waals surface area contributed by atoms with Crippen molar-refractivity contribution in [3.05, 3.63) is 73.3 Å². The quantitative estimate of drug-likeness (QED) is 0.501. The van der Waals surface area contributed by atoms with Crippen molar-refractivity contribution >= 4 is 11.9 Å². The molecule has 4 nitrogen and oxygen atoms in total. The molecule has 2 rings (SSSR count). The molecule has 0 fully saturated rings. The standard InChI is InChI=1S/C20H21NO3/c1-4-13-23-19-8-6-7-16(20(19)24-14-5-2)15-21-17-9-11-18(22-3)12-10-17/h4-12,15H,1-2,13-14H2,3H3. The second kappa shape index (κ2) is 9.20. The van der Waals surface area contributed by atoms with Crippen molar-refractivity contribution in [2.45, 2.75) is 0 Å². The predicted octanol–water partition coefficient (Wildman–Crippen LogP) is 4.58. The summed E-state index contributed by atoms with van der Waals surface area (Å²) in [5.41, 5.74) is 1.65. The minimum Gasteiger partial charge on any atom is -0.497 e. The van der Waals surface area contributed by atoms with Crippen LogP contribution in [-0.2, 0) is 0 Å². The van der Waals surface area contributed by atoms with E-state index in [0.717, 1.165) is 17.0 Å². The van der Waals surface area contributed by atoms with Crippen molar-refractivity contribution in [2.24, 2.45) is 4.99 Å². The molecule has 0 heterocycles. The monoisotopic (exact) mass is 323 g/mol. The Hall–Kier alpha value is -3.01. The highest BCUT2D eigenvalue weighted by atomic mass is 16.5. The largest absolute Gasteiger partial charge is 0.497 e. The third-order valence-corrected chi connectivity index (χ3v) is 3.14. The number of hydrogen-bond donors (Lipinski definition) is 0. The average molecular weight is 323 g/mol. The van der Waals surface area contributed by atoms with Gasteiger partial charge < -0.3 is 14.2 Å². The molecule has 0 saturated heterocycles. The van der Waals surface area contributed by atoms with E-state index in [9.17, 15) is 0 Å². The van der Waals surface area contributed by atoms with Crippen LogP contribution in [0.2, 0.25) is 0 Å². The summed E-state index contributed by atoms with van der Waals surface area (Å²) in [4.78, 5) is 4.48. The summed E-state index contributed by atoms with van der Waals surface area (Å²) in [5, 5.41) is 0. The normalized spacial score (nSPS) is 10.4. The lowest BCUT2D eigenvalue weighted by atomic mass is 10.2. The van der Waals surface area contributed by atoms with Gasteiger partial charge in [0.2, 0.25) is 0 Å². The van der Waals surface area contributed by atoms with E-state index in [1.165, 1.54) is 0 Å². The Morgan fingerprint density at radius 3 is 2.33 bits per heavy atom. The third kappa shape index (κ3) is 4.74. The van der Waals surface area contributed by atoms with Crippen LogP contribution in [0.15, 0.2) is 72.8 Å². The van der Waals surface area contributed by atoms with Gasteiger partial charge in [0.25, 0.3) is 0 Å². The second-order valence-corrected chi connectivity index (χ2v) is 4.83. The lowest BCUT2D eigenvalue weighted by molar-refractivity contribution is 0.308. The number of methoxy groups -OCH3 is 1. The lowest BCUT2D eigenvalue weighted by Gasteiger charge is -2.13. The maximum atomic E-state index is 5.75. The number of ether oxygens (including phenoxy) is 3. The Bertz CT molecular complexity index is 705. The molecule has 124 valence electrons. The van der Waals surface area contributed by atoms with Crippen molar-refractivity contribution in [1.82, 2.24) is 0 Å². The van der Waals surface area contributed by atoms with Gasteiger partial charge in [-0.25, -0.2) is 0 Å². The fourth-order valence-corrected chi connectivity index (χ4v) is 2.01. The van der Waals surface area contributed by atoms with E-state index in [1.807, 2.05) is 42.5 Å². The van der Waals surface area contributed by atoms with Crippen LogP contribution in [0.5, 0.6) is 17.2 Å². The third-order valence-electron chi connectivity index (χ3n) is 3.14. The average Bonchev–Trinajstić information content (AvgIpc) is 2.63. The summed E-state index contributed by atoms with van der Waals surface area (Å²) in [6.07, 6.45) is 5.13. The van der Waals surface area contributed by atoms with E-state index in [2.05, 4.69) is 18.2 Å². The zero-order valence-corrected chi connectivity index (χ0v) is 13.8. The Balaban J connectivity index is 2.27. The van der Waals surface area contributed by atoms with Crippen molar-refractivity contribution in [3.8, 4) is 17.2 Å². The van der Waals surface area contributed by atoms with E-state index >= 15 is 0 Å². The fraction of sp³-hybridized carbons (Fsp3) is 0.150. The van der Waals surface area contributed by atoms with Gasteiger partial charge in [0.1, 0.15) is 19.0 Å². The summed E-state index contributed by atoms with van der Waals surface area (Å²) < 4.78 is 16.5. The highest BCUT2D eigenvalue weighted by Gasteiger charge is 2.09. The minimum atomic E-state index is 0.387. The highest BCUT2D eigenvalue weighted by Crippen LogP contribution is 2.31. The number of aliphatic imine (C=N–C) groups is 1. The Morgan fingerprint density at radius 2 is 1.67 bits per heavy atom. The summed E-state index contributed by atoms with van der Waals surface area (Å²) in [7, 11) is 1.64. The molecule has 2 aromatic rings. The first-order valence-corrected chi connectivity index (χ1v) is 7.57. The number of para-hydroxylation sites is 1. The summed E-state index contributed by atoms with van der Waals surface area (Å²) in [6.45, 7) is 8.13. The van der Waals surface area contributed by atoms with Gasteiger partial charge in [-0.3, -0.25) is 4.99 Å². The fourth-order valence-electron chi connectivity index (χ4n) is 2.01. The van der Waals surface area contributed by atoms with E-state index < -0.39 is 0 Å². The van der Waals surface area contributed by atoms with Crippen LogP contribution in [0.4, 0.5) is 5.69 Å². The lowest BCUT2D eigenvalue weighted by Crippen LogP contribution is -2.02. The molecule has 0 N–H and O–H groups in total. The zero-order chi connectivity index (χ0) is 17.2. The van der Waals surface area contributed by atoms with Crippen LogP contribution in [0.25, 0.3) is 0 Å². The number of rotatable bonds is 9. The number of benzene rings is 2. The molecule has 24 heavy (non-hydrogen) atoms. The van der Waals surface area contributed by atoms with Crippen molar-refractivity contribution in [2.75, 3.05) is 20.3 Å². The molecule has 4 heteroatoms. The van der Waals surface area contributed by atoms with Gasteiger partial charge >= 0.3 is 0 Å². The van der Waals surface area contributed by atoms with E-state index in [1.54, 1.807) is 25.5 Å². The van der Waals surface area contributed by atoms with Crippen LogP contribution >= 0.6 is 0 Å². The van der Waals surface area contributed by atoms with Crippen LogP contribution in [0, 0.1) is 0 Å². The Labute approximate surface area is 142 Å².